The molecule has 5 heteroatoms. The van der Waals surface area contributed by atoms with E-state index in [1.165, 1.54) is 32.1 Å². The summed E-state index contributed by atoms with van der Waals surface area (Å²) in [5.41, 5.74) is 7.09. The Labute approximate surface area is 133 Å². The van der Waals surface area contributed by atoms with E-state index in [1.54, 1.807) is 12.3 Å². The fourth-order valence-corrected chi connectivity index (χ4v) is 2.99. The molecule has 2 N–H and O–H groups in total. The van der Waals surface area contributed by atoms with Gasteiger partial charge in [0.15, 0.2) is 0 Å². The molecule has 0 amide bonds. The van der Waals surface area contributed by atoms with E-state index in [9.17, 15) is 0 Å². The predicted molar refractivity (Wildman–Crippen MR) is 87.5 cm³/mol. The second-order valence-corrected chi connectivity index (χ2v) is 6.00. The van der Waals surface area contributed by atoms with Crippen molar-refractivity contribution in [3.63, 3.8) is 0 Å². The first-order valence-corrected chi connectivity index (χ1v) is 7.62. The monoisotopic (exact) mass is 317 g/mol. The number of hydrogen-bond acceptors (Lipinski definition) is 3. The van der Waals surface area contributed by atoms with Gasteiger partial charge < -0.3 is 10.6 Å². The van der Waals surface area contributed by atoms with E-state index >= 15 is 0 Å². The average molecular weight is 318 g/mol. The Kier molecular flexibility index (Phi) is 7.82. The lowest BCUT2D eigenvalue weighted by molar-refractivity contribution is 0.186. The molecule has 0 radical (unpaired) electrons. The van der Waals surface area contributed by atoms with E-state index in [1.807, 2.05) is 6.07 Å². The fourth-order valence-electron chi connectivity index (χ4n) is 2.82. The molecule has 1 aliphatic carbocycles. The molecule has 1 unspecified atom stereocenters. The van der Waals surface area contributed by atoms with E-state index < -0.39 is 0 Å². The van der Waals surface area contributed by atoms with E-state index in [0.29, 0.717) is 5.02 Å². The smallest absolute Gasteiger partial charge is 0.0586 e. The highest BCUT2D eigenvalue weighted by atomic mass is 35.5. The van der Waals surface area contributed by atoms with Crippen LogP contribution in [0.15, 0.2) is 18.3 Å². The molecule has 3 nitrogen and oxygen atoms in total. The van der Waals surface area contributed by atoms with E-state index in [4.69, 9.17) is 17.3 Å². The quantitative estimate of drug-likeness (QED) is 0.897. The number of nitrogens with zero attached hydrogens (tertiary/aromatic N) is 2. The minimum Gasteiger partial charge on any atom is -0.323 e. The van der Waals surface area contributed by atoms with Gasteiger partial charge in [-0.15, -0.1) is 12.4 Å². The topological polar surface area (TPSA) is 42.1 Å². The highest BCUT2D eigenvalue weighted by Crippen LogP contribution is 2.23. The van der Waals surface area contributed by atoms with Gasteiger partial charge in [0.1, 0.15) is 0 Å². The number of pyridine rings is 1. The standard InChI is InChI=1S/C15H24ClN3.ClH/c1-19(13-5-3-2-4-6-13)10-8-14(17)15-11-12(16)7-9-18-15;/h7,9,11,13-14H,2-6,8,10,17H2,1H3;1H. The summed E-state index contributed by atoms with van der Waals surface area (Å²) in [6.45, 7) is 1.03. The molecule has 114 valence electrons. The molecule has 1 aliphatic rings. The van der Waals surface area contributed by atoms with Crippen molar-refractivity contribution in [2.24, 2.45) is 5.73 Å². The molecule has 0 saturated heterocycles. The minimum atomic E-state index is -0.0234. The molecule has 1 aromatic rings. The van der Waals surface area contributed by atoms with Gasteiger partial charge in [0.05, 0.1) is 5.69 Å². The van der Waals surface area contributed by atoms with Crippen LogP contribution >= 0.6 is 24.0 Å². The zero-order chi connectivity index (χ0) is 13.7. The number of rotatable bonds is 5. The average Bonchev–Trinajstić information content (AvgIpc) is 2.45. The minimum absolute atomic E-state index is 0. The van der Waals surface area contributed by atoms with Crippen molar-refractivity contribution in [3.05, 3.63) is 29.0 Å². The van der Waals surface area contributed by atoms with Crippen molar-refractivity contribution < 1.29 is 0 Å². The van der Waals surface area contributed by atoms with E-state index in [0.717, 1.165) is 24.7 Å². The summed E-state index contributed by atoms with van der Waals surface area (Å²) in [4.78, 5) is 6.76. The molecule has 20 heavy (non-hydrogen) atoms. The molecule has 2 rings (SSSR count). The van der Waals surface area contributed by atoms with Gasteiger partial charge >= 0.3 is 0 Å². The third kappa shape index (κ3) is 5.21. The maximum absolute atomic E-state index is 6.19. The summed E-state index contributed by atoms with van der Waals surface area (Å²) >= 11 is 5.97. The second-order valence-electron chi connectivity index (χ2n) is 5.57. The molecule has 1 atom stereocenters. The van der Waals surface area contributed by atoms with Crippen molar-refractivity contribution in [1.82, 2.24) is 9.88 Å². The normalized spacial score (nSPS) is 17.8. The Balaban J connectivity index is 0.00000200. The van der Waals surface area contributed by atoms with Gasteiger partial charge in [0.2, 0.25) is 0 Å². The summed E-state index contributed by atoms with van der Waals surface area (Å²) in [5, 5.41) is 0.709. The molecule has 0 aromatic carbocycles. The second kappa shape index (κ2) is 8.83. The summed E-state index contributed by atoms with van der Waals surface area (Å²) in [6.07, 6.45) is 9.47. The van der Waals surface area contributed by atoms with Crippen molar-refractivity contribution in [3.8, 4) is 0 Å². The largest absolute Gasteiger partial charge is 0.323 e. The lowest BCUT2D eigenvalue weighted by atomic mass is 9.94. The first-order valence-electron chi connectivity index (χ1n) is 7.24. The van der Waals surface area contributed by atoms with Gasteiger partial charge in [-0.2, -0.15) is 0 Å². The van der Waals surface area contributed by atoms with Crippen LogP contribution in [-0.4, -0.2) is 29.5 Å². The van der Waals surface area contributed by atoms with E-state index in [2.05, 4.69) is 16.9 Å². The summed E-state index contributed by atoms with van der Waals surface area (Å²) < 4.78 is 0. The van der Waals surface area contributed by atoms with Crippen LogP contribution in [0.25, 0.3) is 0 Å². The highest BCUT2D eigenvalue weighted by Gasteiger charge is 2.18. The highest BCUT2D eigenvalue weighted by molar-refractivity contribution is 6.30. The Morgan fingerprint density at radius 3 is 2.75 bits per heavy atom. The molecular formula is C15H25Cl2N3. The summed E-state index contributed by atoms with van der Waals surface area (Å²) in [7, 11) is 2.22. The predicted octanol–water partition coefficient (Wildman–Crippen LogP) is 3.81. The van der Waals surface area contributed by atoms with Gasteiger partial charge in [-0.25, -0.2) is 0 Å². The number of hydrogen-bond donors (Lipinski definition) is 1. The Bertz CT molecular complexity index is 394. The Hall–Kier alpha value is -0.350. The Morgan fingerprint density at radius 2 is 2.10 bits per heavy atom. The summed E-state index contributed by atoms with van der Waals surface area (Å²) in [5.74, 6) is 0. The SMILES string of the molecule is CN(CCC(N)c1cc(Cl)ccn1)C1CCCCC1.Cl. The molecule has 0 bridgehead atoms. The number of aromatic nitrogens is 1. The van der Waals surface area contributed by atoms with Crippen LogP contribution in [0, 0.1) is 0 Å². The van der Waals surface area contributed by atoms with Crippen LogP contribution in [0.1, 0.15) is 50.3 Å². The maximum atomic E-state index is 6.19. The molecule has 0 spiro atoms. The van der Waals surface area contributed by atoms with Gasteiger partial charge in [-0.05, 0) is 45.0 Å². The molecule has 1 saturated carbocycles. The molecule has 1 heterocycles. The number of nitrogens with two attached hydrogens (primary N) is 1. The van der Waals surface area contributed by atoms with Crippen molar-refractivity contribution in [1.29, 1.82) is 0 Å². The first kappa shape index (κ1) is 17.7. The van der Waals surface area contributed by atoms with Crippen molar-refractivity contribution in [2.75, 3.05) is 13.6 Å². The lowest BCUT2D eigenvalue weighted by Crippen LogP contribution is -2.35. The first-order chi connectivity index (χ1) is 9.16. The molecule has 1 fully saturated rings. The third-order valence-electron chi connectivity index (χ3n) is 4.11. The summed E-state index contributed by atoms with van der Waals surface area (Å²) in [6, 6.07) is 4.37. The van der Waals surface area contributed by atoms with Crippen LogP contribution in [-0.2, 0) is 0 Å². The van der Waals surface area contributed by atoms with Crippen LogP contribution in [0.3, 0.4) is 0 Å². The van der Waals surface area contributed by atoms with Crippen LogP contribution in [0.4, 0.5) is 0 Å². The zero-order valence-electron chi connectivity index (χ0n) is 12.1. The molecule has 1 aromatic heterocycles. The Morgan fingerprint density at radius 1 is 1.40 bits per heavy atom. The van der Waals surface area contributed by atoms with Gasteiger partial charge in [0.25, 0.3) is 0 Å². The fraction of sp³-hybridized carbons (Fsp3) is 0.667. The zero-order valence-corrected chi connectivity index (χ0v) is 13.7. The van der Waals surface area contributed by atoms with Crippen molar-refractivity contribution in [2.45, 2.75) is 50.6 Å². The molecule has 0 aliphatic heterocycles. The van der Waals surface area contributed by atoms with Crippen LogP contribution < -0.4 is 5.73 Å². The van der Waals surface area contributed by atoms with Gasteiger partial charge in [0, 0.05) is 23.3 Å². The number of halogens is 2. The van der Waals surface area contributed by atoms with Gasteiger partial charge in [-0.3, -0.25) is 4.98 Å². The maximum Gasteiger partial charge on any atom is 0.0586 e. The molecular weight excluding hydrogens is 293 g/mol. The van der Waals surface area contributed by atoms with Crippen LogP contribution in [0.5, 0.6) is 0 Å². The van der Waals surface area contributed by atoms with Gasteiger partial charge in [-0.1, -0.05) is 30.9 Å². The van der Waals surface area contributed by atoms with E-state index in [-0.39, 0.29) is 18.4 Å². The third-order valence-corrected chi connectivity index (χ3v) is 4.35. The lowest BCUT2D eigenvalue weighted by Gasteiger charge is -2.31. The van der Waals surface area contributed by atoms with Crippen LogP contribution in [0.2, 0.25) is 5.02 Å². The van der Waals surface area contributed by atoms with Crippen molar-refractivity contribution >= 4 is 24.0 Å².